The molecule has 0 spiro atoms. The van der Waals surface area contributed by atoms with Crippen LogP contribution in [0.15, 0.2) is 29.1 Å². The molecule has 1 aromatic carbocycles. The maximum absolute atomic E-state index is 12.3. The fourth-order valence-electron chi connectivity index (χ4n) is 4.50. The molecule has 2 unspecified atom stereocenters. The summed E-state index contributed by atoms with van der Waals surface area (Å²) in [6.07, 6.45) is 0.378. The molecule has 1 aliphatic rings. The molecule has 3 heterocycles. The number of aromatic hydroxyl groups is 1. The molecule has 4 rings (SSSR count). The van der Waals surface area contributed by atoms with Crippen molar-refractivity contribution in [3.05, 3.63) is 51.4 Å². The number of benzene rings is 1. The number of nitrogens with one attached hydrogen (secondary N) is 2. The van der Waals surface area contributed by atoms with Gasteiger partial charge in [0.25, 0.3) is 5.56 Å². The molecule has 0 amide bonds. The number of aromatic amines is 1. The van der Waals surface area contributed by atoms with Gasteiger partial charge in [0.2, 0.25) is 0 Å². The molecule has 0 bridgehead atoms. The summed E-state index contributed by atoms with van der Waals surface area (Å²) in [6, 6.07) is 8.12. The average Bonchev–Trinajstić information content (AvgIpc) is 3.21. The predicted octanol–water partition coefficient (Wildman–Crippen LogP) is 1.81. The Morgan fingerprint density at radius 2 is 2.14 bits per heavy atom. The third-order valence-corrected chi connectivity index (χ3v) is 5.90. The van der Waals surface area contributed by atoms with Crippen molar-refractivity contribution in [3.63, 3.8) is 0 Å². The first-order valence-corrected chi connectivity index (χ1v) is 9.63. The van der Waals surface area contributed by atoms with E-state index in [1.165, 1.54) is 5.69 Å². The summed E-state index contributed by atoms with van der Waals surface area (Å²) in [7, 11) is 1.93. The summed E-state index contributed by atoms with van der Waals surface area (Å²) in [4.78, 5) is 26.2. The quantitative estimate of drug-likeness (QED) is 0.447. The normalized spacial score (nSPS) is 18.3. The van der Waals surface area contributed by atoms with Crippen molar-refractivity contribution >= 4 is 16.9 Å². The number of fused-ring (bicyclic) bond motifs is 3. The van der Waals surface area contributed by atoms with Gasteiger partial charge in [0.1, 0.15) is 5.75 Å². The molecule has 0 saturated heterocycles. The third-order valence-electron chi connectivity index (χ3n) is 5.90. The molecule has 2 atom stereocenters. The number of carbonyl (C=O) groups is 1. The maximum Gasteiger partial charge on any atom is 0.345 e. The van der Waals surface area contributed by atoms with Crippen LogP contribution in [0.2, 0.25) is 0 Å². The van der Waals surface area contributed by atoms with Gasteiger partial charge in [-0.25, -0.2) is 4.79 Å². The minimum Gasteiger partial charge on any atom is -0.506 e. The van der Waals surface area contributed by atoms with Crippen LogP contribution in [0.4, 0.5) is 0 Å². The highest BCUT2D eigenvalue weighted by atomic mass is 16.4. The predicted molar refractivity (Wildman–Crippen MR) is 110 cm³/mol. The zero-order chi connectivity index (χ0) is 20.9. The first kappa shape index (κ1) is 19.2. The summed E-state index contributed by atoms with van der Waals surface area (Å²) in [5.74, 6) is -1.58. The lowest BCUT2D eigenvalue weighted by Crippen LogP contribution is -2.27. The highest BCUT2D eigenvalue weighted by Gasteiger charge is 2.32. The largest absolute Gasteiger partial charge is 0.506 e. The van der Waals surface area contributed by atoms with Crippen molar-refractivity contribution in [2.24, 2.45) is 11.7 Å². The van der Waals surface area contributed by atoms with Crippen LogP contribution < -0.4 is 16.6 Å². The number of nitrogens with two attached hydrogens (primary N) is 1. The summed E-state index contributed by atoms with van der Waals surface area (Å²) < 4.78 is 2.26. The van der Waals surface area contributed by atoms with Gasteiger partial charge < -0.3 is 30.8 Å². The van der Waals surface area contributed by atoms with Crippen LogP contribution in [0.1, 0.15) is 34.6 Å². The zero-order valence-electron chi connectivity index (χ0n) is 16.3. The van der Waals surface area contributed by atoms with Gasteiger partial charge in [-0.3, -0.25) is 4.79 Å². The van der Waals surface area contributed by atoms with Crippen molar-refractivity contribution in [3.8, 4) is 17.0 Å². The Balaban J connectivity index is 1.87. The summed E-state index contributed by atoms with van der Waals surface area (Å²) >= 11 is 0. The zero-order valence-corrected chi connectivity index (χ0v) is 16.3. The summed E-state index contributed by atoms with van der Waals surface area (Å²) in [5, 5.41) is 24.0. The molecular formula is C21H24N4O4. The van der Waals surface area contributed by atoms with Crippen LogP contribution in [0.5, 0.6) is 5.75 Å². The molecule has 2 aromatic heterocycles. The topological polar surface area (TPSA) is 133 Å². The van der Waals surface area contributed by atoms with Crippen molar-refractivity contribution in [2.45, 2.75) is 25.9 Å². The van der Waals surface area contributed by atoms with Crippen LogP contribution in [-0.2, 0) is 13.0 Å². The van der Waals surface area contributed by atoms with Crippen molar-refractivity contribution < 1.29 is 15.0 Å². The van der Waals surface area contributed by atoms with Crippen LogP contribution in [0.25, 0.3) is 22.2 Å². The molecule has 0 fully saturated rings. The number of hydrogen-bond donors (Lipinski definition) is 5. The number of carboxylic acid groups (broad SMARTS) is 1. The van der Waals surface area contributed by atoms with Crippen molar-refractivity contribution in [2.75, 3.05) is 13.6 Å². The fourth-order valence-corrected chi connectivity index (χ4v) is 4.50. The van der Waals surface area contributed by atoms with Gasteiger partial charge in [-0.05, 0) is 43.8 Å². The fraction of sp³-hybridized carbons (Fsp3) is 0.333. The highest BCUT2D eigenvalue weighted by Crippen LogP contribution is 2.38. The molecule has 1 aliphatic heterocycles. The molecule has 8 heteroatoms. The Hall–Kier alpha value is -3.10. The van der Waals surface area contributed by atoms with E-state index in [9.17, 15) is 19.8 Å². The SMILES string of the molecule is CCc1c(-c2ccc3c(c2)cc2n3CC(CN)C2NC)[nH]c(=O)c(C(=O)O)c1O. The van der Waals surface area contributed by atoms with Crippen molar-refractivity contribution in [1.82, 2.24) is 14.9 Å². The molecular weight excluding hydrogens is 372 g/mol. The molecule has 6 N–H and O–H groups in total. The molecule has 152 valence electrons. The van der Waals surface area contributed by atoms with Gasteiger partial charge >= 0.3 is 5.97 Å². The number of pyridine rings is 1. The van der Waals surface area contributed by atoms with Gasteiger partial charge in [0, 0.05) is 34.6 Å². The molecule has 29 heavy (non-hydrogen) atoms. The Kier molecular flexibility index (Phi) is 4.68. The van der Waals surface area contributed by atoms with E-state index < -0.39 is 22.8 Å². The van der Waals surface area contributed by atoms with Crippen LogP contribution in [0, 0.1) is 5.92 Å². The molecule has 3 aromatic rings. The van der Waals surface area contributed by atoms with E-state index in [2.05, 4.69) is 20.9 Å². The molecule has 8 nitrogen and oxygen atoms in total. The minimum absolute atomic E-state index is 0.181. The van der Waals surface area contributed by atoms with E-state index in [1.807, 2.05) is 25.2 Å². The standard InChI is InChI=1S/C21H24N4O4/c1-3-13-17(24-20(27)16(19(13)26)21(28)29)10-4-5-14-11(6-10)7-15-18(23-2)12(8-22)9-25(14)15/h4-7,12,18,23H,3,8-9,22H2,1-2H3,(H,28,29)(H2,24,26,27). The lowest BCUT2D eigenvalue weighted by atomic mass is 9.98. The molecule has 0 aliphatic carbocycles. The van der Waals surface area contributed by atoms with E-state index in [0.29, 0.717) is 30.1 Å². The van der Waals surface area contributed by atoms with Gasteiger partial charge in [-0.2, -0.15) is 0 Å². The van der Waals surface area contributed by atoms with E-state index in [0.717, 1.165) is 23.0 Å². The molecule has 0 saturated carbocycles. The molecule has 0 radical (unpaired) electrons. The monoisotopic (exact) mass is 396 g/mol. The van der Waals surface area contributed by atoms with Crippen molar-refractivity contribution in [1.29, 1.82) is 0 Å². The van der Waals surface area contributed by atoms with Gasteiger partial charge in [-0.15, -0.1) is 0 Å². The van der Waals surface area contributed by atoms with Gasteiger partial charge in [-0.1, -0.05) is 13.0 Å². The first-order chi connectivity index (χ1) is 13.9. The number of H-pyrrole nitrogens is 1. The number of aromatic carboxylic acids is 1. The highest BCUT2D eigenvalue weighted by molar-refractivity contribution is 5.93. The second kappa shape index (κ2) is 7.06. The van der Waals surface area contributed by atoms with E-state index in [-0.39, 0.29) is 6.04 Å². The Bertz CT molecular complexity index is 1180. The number of rotatable bonds is 5. The third kappa shape index (κ3) is 2.83. The van der Waals surface area contributed by atoms with Crippen LogP contribution in [-0.4, -0.2) is 39.3 Å². The second-order valence-corrected chi connectivity index (χ2v) is 7.41. The summed E-state index contributed by atoms with van der Waals surface area (Å²) in [5.41, 5.74) is 8.30. The number of carboxylic acids is 1. The maximum atomic E-state index is 12.3. The van der Waals surface area contributed by atoms with E-state index >= 15 is 0 Å². The van der Waals surface area contributed by atoms with Crippen LogP contribution >= 0.6 is 0 Å². The number of hydrogen-bond acceptors (Lipinski definition) is 5. The number of nitrogens with zero attached hydrogens (tertiary/aromatic N) is 1. The van der Waals surface area contributed by atoms with Gasteiger partial charge in [0.15, 0.2) is 5.56 Å². The smallest absolute Gasteiger partial charge is 0.345 e. The second-order valence-electron chi connectivity index (χ2n) is 7.41. The average molecular weight is 396 g/mol. The van der Waals surface area contributed by atoms with E-state index in [1.54, 1.807) is 6.92 Å². The Morgan fingerprint density at radius 1 is 1.38 bits per heavy atom. The minimum atomic E-state index is -1.45. The summed E-state index contributed by atoms with van der Waals surface area (Å²) in [6.45, 7) is 3.24. The number of aromatic nitrogens is 2. The van der Waals surface area contributed by atoms with Crippen LogP contribution in [0.3, 0.4) is 0 Å². The first-order valence-electron chi connectivity index (χ1n) is 9.63. The van der Waals surface area contributed by atoms with Gasteiger partial charge in [0.05, 0.1) is 11.7 Å². The lowest BCUT2D eigenvalue weighted by molar-refractivity contribution is 0.0691. The lowest BCUT2D eigenvalue weighted by Gasteiger charge is -2.16. The van der Waals surface area contributed by atoms with E-state index in [4.69, 9.17) is 5.73 Å². The Morgan fingerprint density at radius 3 is 2.76 bits per heavy atom. The Labute approximate surface area is 167 Å².